The Kier molecular flexibility index (Phi) is 6.74. The summed E-state index contributed by atoms with van der Waals surface area (Å²) in [6.45, 7) is 11.4. The van der Waals surface area contributed by atoms with Crippen LogP contribution in [0.5, 0.6) is 0 Å². The fourth-order valence-corrected chi connectivity index (χ4v) is 2.83. The van der Waals surface area contributed by atoms with E-state index in [-0.39, 0.29) is 17.5 Å². The van der Waals surface area contributed by atoms with Crippen LogP contribution in [0, 0.1) is 10.1 Å². The van der Waals surface area contributed by atoms with Gasteiger partial charge in [0, 0.05) is 19.2 Å². The minimum atomic E-state index is -0.761. The third kappa shape index (κ3) is 6.75. The lowest BCUT2D eigenvalue weighted by molar-refractivity contribution is -0.383. The minimum absolute atomic E-state index is 0.0600. The van der Waals surface area contributed by atoms with E-state index in [1.807, 2.05) is 26.8 Å². The van der Waals surface area contributed by atoms with E-state index in [9.17, 15) is 19.7 Å². The minimum Gasteiger partial charge on any atom is -0.444 e. The molecule has 0 aromatic heterocycles. The van der Waals surface area contributed by atoms with Crippen LogP contribution in [-0.4, -0.2) is 46.3 Å². The summed E-state index contributed by atoms with van der Waals surface area (Å²) in [4.78, 5) is 36.7. The van der Waals surface area contributed by atoms with Crippen LogP contribution in [0.15, 0.2) is 24.3 Å². The Hall–Kier alpha value is -3.10. The molecule has 1 aromatic rings. The van der Waals surface area contributed by atoms with Gasteiger partial charge < -0.3 is 14.4 Å². The molecule has 2 amide bonds. The Bertz CT molecular complexity index is 864. The number of nitrogens with zero attached hydrogens (tertiary/aromatic N) is 2. The van der Waals surface area contributed by atoms with Gasteiger partial charge in [-0.3, -0.25) is 15.4 Å². The van der Waals surface area contributed by atoms with Gasteiger partial charge in [-0.1, -0.05) is 12.1 Å². The SMILES string of the molecule is CC(C)(C)OC(=O)Nc1ccc(C2=CCN(C(=O)OC(C)(C)C)CC2)cc1[N+](=O)[O-]. The van der Waals surface area contributed by atoms with Crippen molar-refractivity contribution in [3.63, 3.8) is 0 Å². The molecule has 2 rings (SSSR count). The van der Waals surface area contributed by atoms with Crippen molar-refractivity contribution in [2.45, 2.75) is 59.2 Å². The van der Waals surface area contributed by atoms with Gasteiger partial charge >= 0.3 is 12.2 Å². The summed E-state index contributed by atoms with van der Waals surface area (Å²) in [6.07, 6.45) is 1.24. The topological polar surface area (TPSA) is 111 Å². The number of rotatable bonds is 3. The van der Waals surface area contributed by atoms with Crippen LogP contribution in [0.2, 0.25) is 0 Å². The van der Waals surface area contributed by atoms with E-state index in [1.165, 1.54) is 12.1 Å². The fraction of sp³-hybridized carbons (Fsp3) is 0.524. The lowest BCUT2D eigenvalue weighted by atomic mass is 9.98. The molecule has 0 spiro atoms. The summed E-state index contributed by atoms with van der Waals surface area (Å²) in [5, 5.41) is 14.0. The number of ether oxygens (including phenoxy) is 2. The number of anilines is 1. The molecule has 0 bridgehead atoms. The van der Waals surface area contributed by atoms with Crippen molar-refractivity contribution in [1.82, 2.24) is 4.90 Å². The quantitative estimate of drug-likeness (QED) is 0.547. The molecule has 1 heterocycles. The number of nitrogens with one attached hydrogen (secondary N) is 1. The number of nitro groups is 1. The van der Waals surface area contributed by atoms with Crippen LogP contribution in [-0.2, 0) is 9.47 Å². The van der Waals surface area contributed by atoms with Gasteiger partial charge in [0.15, 0.2) is 0 Å². The number of benzene rings is 1. The van der Waals surface area contributed by atoms with Gasteiger partial charge in [0.2, 0.25) is 0 Å². The fourth-order valence-electron chi connectivity index (χ4n) is 2.83. The van der Waals surface area contributed by atoms with E-state index >= 15 is 0 Å². The molecule has 30 heavy (non-hydrogen) atoms. The van der Waals surface area contributed by atoms with Crippen molar-refractivity contribution in [2.75, 3.05) is 18.4 Å². The monoisotopic (exact) mass is 419 g/mol. The Morgan fingerprint density at radius 2 is 1.73 bits per heavy atom. The van der Waals surface area contributed by atoms with E-state index in [0.717, 1.165) is 5.57 Å². The number of amides is 2. The standard InChI is InChI=1S/C21H29N3O6/c1-20(2,3)29-18(25)22-16-8-7-15(13-17(16)24(27)28)14-9-11-23(12-10-14)19(26)30-21(4,5)6/h7-9,13H,10-12H2,1-6H3,(H,22,25). The predicted molar refractivity (Wildman–Crippen MR) is 113 cm³/mol. The number of hydrogen-bond donors (Lipinski definition) is 1. The Balaban J connectivity index is 2.16. The molecular weight excluding hydrogens is 390 g/mol. The third-order valence-corrected chi connectivity index (χ3v) is 4.06. The van der Waals surface area contributed by atoms with Crippen molar-refractivity contribution in [2.24, 2.45) is 0 Å². The molecule has 9 nitrogen and oxygen atoms in total. The van der Waals surface area contributed by atoms with Crippen molar-refractivity contribution in [1.29, 1.82) is 0 Å². The maximum absolute atomic E-state index is 12.2. The first-order valence-electron chi connectivity index (χ1n) is 9.71. The lowest BCUT2D eigenvalue weighted by Crippen LogP contribution is -2.39. The summed E-state index contributed by atoms with van der Waals surface area (Å²) in [5.74, 6) is 0. The Labute approximate surface area is 176 Å². The van der Waals surface area contributed by atoms with Gasteiger partial charge in [-0.15, -0.1) is 0 Å². The molecule has 1 N–H and O–H groups in total. The molecule has 0 atom stereocenters. The smallest absolute Gasteiger partial charge is 0.412 e. The second-order valence-corrected chi connectivity index (χ2v) is 9.02. The third-order valence-electron chi connectivity index (χ3n) is 4.06. The molecule has 1 aromatic carbocycles. The Morgan fingerprint density at radius 3 is 2.23 bits per heavy atom. The predicted octanol–water partition coefficient (Wildman–Crippen LogP) is 4.97. The van der Waals surface area contributed by atoms with Crippen LogP contribution in [0.3, 0.4) is 0 Å². The van der Waals surface area contributed by atoms with Gasteiger partial charge in [0.05, 0.1) is 4.92 Å². The highest BCUT2D eigenvalue weighted by atomic mass is 16.6. The number of hydrogen-bond acceptors (Lipinski definition) is 6. The molecule has 0 saturated carbocycles. The van der Waals surface area contributed by atoms with Crippen LogP contribution >= 0.6 is 0 Å². The number of nitro benzene ring substituents is 1. The molecule has 164 valence electrons. The molecule has 0 saturated heterocycles. The lowest BCUT2D eigenvalue weighted by Gasteiger charge is -2.29. The van der Waals surface area contributed by atoms with Crippen molar-refractivity contribution in [3.8, 4) is 0 Å². The zero-order valence-corrected chi connectivity index (χ0v) is 18.3. The Morgan fingerprint density at radius 1 is 1.10 bits per heavy atom. The molecule has 0 radical (unpaired) electrons. The van der Waals surface area contributed by atoms with Gasteiger partial charge in [0.25, 0.3) is 5.69 Å². The largest absolute Gasteiger partial charge is 0.444 e. The van der Waals surface area contributed by atoms with E-state index in [2.05, 4.69) is 5.32 Å². The molecule has 0 aliphatic carbocycles. The van der Waals surface area contributed by atoms with Crippen molar-refractivity contribution in [3.05, 3.63) is 40.0 Å². The summed E-state index contributed by atoms with van der Waals surface area (Å²) < 4.78 is 10.5. The molecule has 9 heteroatoms. The van der Waals surface area contributed by atoms with E-state index in [1.54, 1.807) is 31.7 Å². The van der Waals surface area contributed by atoms with E-state index < -0.39 is 22.2 Å². The first-order chi connectivity index (χ1) is 13.7. The van der Waals surface area contributed by atoms with Crippen LogP contribution < -0.4 is 5.32 Å². The second kappa shape index (κ2) is 8.73. The van der Waals surface area contributed by atoms with Gasteiger partial charge in [-0.25, -0.2) is 9.59 Å². The van der Waals surface area contributed by atoms with Crippen molar-refractivity contribution < 1.29 is 24.0 Å². The summed E-state index contributed by atoms with van der Waals surface area (Å²) in [5.41, 5.74) is 0.102. The van der Waals surface area contributed by atoms with Crippen molar-refractivity contribution >= 4 is 29.1 Å². The molecule has 1 aliphatic heterocycles. The number of carbonyl (C=O) groups excluding carboxylic acids is 2. The van der Waals surface area contributed by atoms with Crippen LogP contribution in [0.1, 0.15) is 53.5 Å². The molecule has 0 fully saturated rings. The summed E-state index contributed by atoms with van der Waals surface area (Å²) >= 11 is 0. The van der Waals surface area contributed by atoms with Crippen LogP contribution in [0.25, 0.3) is 5.57 Å². The highest BCUT2D eigenvalue weighted by molar-refractivity contribution is 5.89. The summed E-state index contributed by atoms with van der Waals surface area (Å²) in [7, 11) is 0. The second-order valence-electron chi connectivity index (χ2n) is 9.02. The normalized spacial score (nSPS) is 14.6. The highest BCUT2D eigenvalue weighted by Crippen LogP contribution is 2.31. The van der Waals surface area contributed by atoms with Crippen LogP contribution in [0.4, 0.5) is 21.0 Å². The first kappa shape index (κ1) is 23.2. The highest BCUT2D eigenvalue weighted by Gasteiger charge is 2.25. The average molecular weight is 419 g/mol. The molecule has 1 aliphatic rings. The first-order valence-corrected chi connectivity index (χ1v) is 9.71. The average Bonchev–Trinajstić information content (AvgIpc) is 2.59. The molecular formula is C21H29N3O6. The zero-order chi connectivity index (χ0) is 22.7. The van der Waals surface area contributed by atoms with E-state index in [4.69, 9.17) is 9.47 Å². The van der Waals surface area contributed by atoms with Gasteiger partial charge in [-0.05, 0) is 65.2 Å². The maximum atomic E-state index is 12.2. The van der Waals surface area contributed by atoms with Gasteiger partial charge in [-0.2, -0.15) is 0 Å². The van der Waals surface area contributed by atoms with Gasteiger partial charge in [0.1, 0.15) is 16.9 Å². The number of carbonyl (C=O) groups is 2. The zero-order valence-electron chi connectivity index (χ0n) is 18.3. The molecule has 0 unspecified atom stereocenters. The summed E-state index contributed by atoms with van der Waals surface area (Å²) in [6, 6.07) is 4.61. The maximum Gasteiger partial charge on any atom is 0.412 e. The van der Waals surface area contributed by atoms with E-state index in [0.29, 0.717) is 25.1 Å².